The van der Waals surface area contributed by atoms with E-state index in [0.29, 0.717) is 0 Å². The van der Waals surface area contributed by atoms with Gasteiger partial charge in [-0.05, 0) is 6.07 Å². The zero-order valence-electron chi connectivity index (χ0n) is 14.4. The number of carbonyl (C=O) groups excluding carboxylic acids is 3. The molecule has 2 heterocycles. The van der Waals surface area contributed by atoms with E-state index >= 15 is 0 Å². The largest absolute Gasteiger partial charge is 0.463 e. The van der Waals surface area contributed by atoms with Gasteiger partial charge in [-0.3, -0.25) is 14.4 Å². The molecule has 1 aromatic heterocycles. The van der Waals surface area contributed by atoms with Crippen LogP contribution in [0.4, 0.5) is 0 Å². The molecule has 1 aliphatic heterocycles. The number of nitrogens with zero attached hydrogens (tertiary/aromatic N) is 3. The van der Waals surface area contributed by atoms with E-state index in [2.05, 4.69) is 10.3 Å². The van der Waals surface area contributed by atoms with Crippen LogP contribution in [0.2, 0.25) is 0 Å². The average molecular weight is 369 g/mol. The summed E-state index contributed by atoms with van der Waals surface area (Å²) in [6, 6.07) is 1.61. The quantitative estimate of drug-likeness (QED) is 0.330. The van der Waals surface area contributed by atoms with Crippen molar-refractivity contribution in [2.45, 2.75) is 45.3 Å². The highest BCUT2D eigenvalue weighted by Gasteiger charge is 2.49. The summed E-state index contributed by atoms with van der Waals surface area (Å²) in [6.45, 7) is 3.24. The predicted molar refractivity (Wildman–Crippen MR) is 83.1 cm³/mol. The van der Waals surface area contributed by atoms with Gasteiger partial charge in [-0.1, -0.05) is 5.16 Å². The summed E-state index contributed by atoms with van der Waals surface area (Å²) in [5, 5.41) is 16.6. The Balaban J connectivity index is 2.42. The van der Waals surface area contributed by atoms with Gasteiger partial charge in [-0.25, -0.2) is 4.68 Å². The molecule has 0 unspecified atom stereocenters. The number of carbonyl (C=O) groups is 3. The molecule has 1 N–H and O–H groups in total. The van der Waals surface area contributed by atoms with Crippen molar-refractivity contribution < 1.29 is 38.5 Å². The number of oxime groups is 1. The van der Waals surface area contributed by atoms with Crippen LogP contribution in [-0.4, -0.2) is 63.5 Å². The predicted octanol–water partition coefficient (Wildman–Crippen LogP) is 0.0372. The molecule has 11 nitrogen and oxygen atoms in total. The summed E-state index contributed by atoms with van der Waals surface area (Å²) < 4.78 is 22.4. The first kappa shape index (κ1) is 19.4. The summed E-state index contributed by atoms with van der Waals surface area (Å²) in [7, 11) is 0. The molecule has 142 valence electrons. The Labute approximate surface area is 148 Å². The molecule has 1 aliphatic rings. The van der Waals surface area contributed by atoms with Crippen LogP contribution < -0.4 is 0 Å². The first-order valence-corrected chi connectivity index (χ1v) is 7.67. The minimum atomic E-state index is -1.26. The second kappa shape index (κ2) is 8.43. The smallest absolute Gasteiger partial charge is 0.303 e. The molecule has 0 aromatic carbocycles. The van der Waals surface area contributed by atoms with E-state index in [1.165, 1.54) is 24.0 Å². The Bertz CT molecular complexity index is 687. The molecule has 0 saturated carbocycles. The van der Waals surface area contributed by atoms with Crippen molar-refractivity contribution in [1.29, 1.82) is 0 Å². The molecule has 4 atom stereocenters. The zero-order valence-corrected chi connectivity index (χ0v) is 14.4. The molecule has 0 spiro atoms. The monoisotopic (exact) mass is 369 g/mol. The van der Waals surface area contributed by atoms with Crippen molar-refractivity contribution in [2.75, 3.05) is 6.61 Å². The van der Waals surface area contributed by atoms with E-state index in [9.17, 15) is 19.6 Å². The number of aromatic nitrogens is 2. The summed E-state index contributed by atoms with van der Waals surface area (Å²) in [6.07, 6.45) is -1.49. The van der Waals surface area contributed by atoms with Crippen LogP contribution >= 0.6 is 0 Å². The molecule has 2 rings (SSSR count). The van der Waals surface area contributed by atoms with Gasteiger partial charge in [-0.2, -0.15) is 5.10 Å². The molecule has 1 saturated heterocycles. The van der Waals surface area contributed by atoms with Gasteiger partial charge in [0.15, 0.2) is 24.1 Å². The molecule has 26 heavy (non-hydrogen) atoms. The zero-order chi connectivity index (χ0) is 19.3. The minimum absolute atomic E-state index is 0.130. The van der Waals surface area contributed by atoms with Gasteiger partial charge in [0.05, 0.1) is 0 Å². The van der Waals surface area contributed by atoms with Gasteiger partial charge in [0.1, 0.15) is 12.7 Å². The fourth-order valence-electron chi connectivity index (χ4n) is 2.51. The molecule has 0 aliphatic carbocycles. The van der Waals surface area contributed by atoms with Crippen LogP contribution in [0.5, 0.6) is 0 Å². The van der Waals surface area contributed by atoms with Crippen LogP contribution in [0, 0.1) is 0 Å². The van der Waals surface area contributed by atoms with Gasteiger partial charge in [0.2, 0.25) is 0 Å². The van der Waals surface area contributed by atoms with Gasteiger partial charge < -0.3 is 24.2 Å². The third-order valence-electron chi connectivity index (χ3n) is 3.44. The summed E-state index contributed by atoms with van der Waals surface area (Å²) >= 11 is 0. The van der Waals surface area contributed by atoms with Crippen molar-refractivity contribution in [3.05, 3.63) is 18.5 Å². The van der Waals surface area contributed by atoms with Crippen molar-refractivity contribution in [3.63, 3.8) is 0 Å². The molecular weight excluding hydrogens is 350 g/mol. The van der Waals surface area contributed by atoms with E-state index < -0.39 is 42.4 Å². The Morgan fingerprint density at radius 2 is 1.92 bits per heavy atom. The third-order valence-corrected chi connectivity index (χ3v) is 3.44. The summed E-state index contributed by atoms with van der Waals surface area (Å²) in [5.74, 6) is -1.95. The molecule has 1 aromatic rings. The topological polar surface area (TPSA) is 139 Å². The second-order valence-corrected chi connectivity index (χ2v) is 5.44. The van der Waals surface area contributed by atoms with E-state index in [-0.39, 0.29) is 12.3 Å². The number of ether oxygens (including phenoxy) is 4. The summed E-state index contributed by atoms with van der Waals surface area (Å²) in [5.41, 5.74) is -0.130. The number of esters is 3. The van der Waals surface area contributed by atoms with Crippen molar-refractivity contribution in [1.82, 2.24) is 9.78 Å². The molecular formula is C15H19N3O8. The van der Waals surface area contributed by atoms with Crippen molar-refractivity contribution >= 4 is 23.6 Å². The maximum absolute atomic E-state index is 11.5. The first-order valence-electron chi connectivity index (χ1n) is 7.67. The van der Waals surface area contributed by atoms with E-state index in [0.717, 1.165) is 13.8 Å². The van der Waals surface area contributed by atoms with Gasteiger partial charge >= 0.3 is 17.9 Å². The highest BCUT2D eigenvalue weighted by atomic mass is 16.6. The van der Waals surface area contributed by atoms with Gasteiger partial charge in [-0.15, -0.1) is 0 Å². The van der Waals surface area contributed by atoms with Crippen molar-refractivity contribution in [2.24, 2.45) is 5.16 Å². The Morgan fingerprint density at radius 1 is 1.23 bits per heavy atom. The van der Waals surface area contributed by atoms with Gasteiger partial charge in [0.25, 0.3) is 0 Å². The highest BCUT2D eigenvalue weighted by Crippen LogP contribution is 2.30. The Kier molecular flexibility index (Phi) is 6.28. The average Bonchev–Trinajstić information content (AvgIpc) is 3.08. The first-order chi connectivity index (χ1) is 12.3. The fraction of sp³-hybridized carbons (Fsp3) is 0.533. The molecule has 11 heteroatoms. The lowest BCUT2D eigenvalue weighted by Crippen LogP contribution is -2.57. The SMILES string of the molecule is CC(=O)OC[C@H]1O[C@@H](n2cccn2)/C(=N\O)[C@H](OC(C)=O)[C@@H]1OC(C)=O. The fourth-order valence-corrected chi connectivity index (χ4v) is 2.51. The van der Waals surface area contributed by atoms with Crippen LogP contribution in [0.25, 0.3) is 0 Å². The van der Waals surface area contributed by atoms with E-state index in [1.807, 2.05) is 0 Å². The highest BCUT2D eigenvalue weighted by molar-refractivity contribution is 5.93. The Morgan fingerprint density at radius 3 is 2.42 bits per heavy atom. The van der Waals surface area contributed by atoms with E-state index in [4.69, 9.17) is 18.9 Å². The Hall–Kier alpha value is -2.95. The lowest BCUT2D eigenvalue weighted by Gasteiger charge is -2.40. The normalized spacial score (nSPS) is 27.0. The van der Waals surface area contributed by atoms with Crippen LogP contribution in [0.3, 0.4) is 0 Å². The second-order valence-electron chi connectivity index (χ2n) is 5.44. The van der Waals surface area contributed by atoms with Crippen LogP contribution in [-0.2, 0) is 33.3 Å². The maximum atomic E-state index is 11.5. The van der Waals surface area contributed by atoms with Crippen molar-refractivity contribution in [3.8, 4) is 0 Å². The number of hydrogen-bond acceptors (Lipinski definition) is 10. The third kappa shape index (κ3) is 4.57. The summed E-state index contributed by atoms with van der Waals surface area (Å²) in [4.78, 5) is 34.2. The maximum Gasteiger partial charge on any atom is 0.303 e. The lowest BCUT2D eigenvalue weighted by atomic mass is 9.98. The number of hydrogen-bond donors (Lipinski definition) is 1. The minimum Gasteiger partial charge on any atom is -0.463 e. The van der Waals surface area contributed by atoms with Crippen LogP contribution in [0.1, 0.15) is 27.0 Å². The lowest BCUT2D eigenvalue weighted by molar-refractivity contribution is -0.196. The molecule has 0 bridgehead atoms. The number of rotatable bonds is 5. The molecule has 1 fully saturated rings. The molecule has 0 amide bonds. The standard InChI is InChI=1S/C15H19N3O8/c1-8(19)23-7-11-13(24-9(2)20)14(25-10(3)21)12(17-22)15(26-11)18-6-4-5-16-18/h4-6,11,13-15,22H,7H2,1-3H3/b17-12-/t11-,13-,14+,15-/m1/s1. The van der Waals surface area contributed by atoms with E-state index in [1.54, 1.807) is 6.07 Å². The van der Waals surface area contributed by atoms with Gasteiger partial charge in [0, 0.05) is 33.2 Å². The van der Waals surface area contributed by atoms with Crippen LogP contribution in [0.15, 0.2) is 23.6 Å². The molecule has 0 radical (unpaired) electrons.